The molecule has 3 aromatic rings. The molecule has 0 aliphatic rings. The fourth-order valence-corrected chi connectivity index (χ4v) is 3.96. The molecule has 7 nitrogen and oxygen atoms in total. The second kappa shape index (κ2) is 9.09. The molecule has 0 saturated carbocycles. The van der Waals surface area contributed by atoms with E-state index in [2.05, 4.69) is 9.71 Å². The maximum absolute atomic E-state index is 13.0. The molecular weight excluding hydrogens is 402 g/mol. The van der Waals surface area contributed by atoms with E-state index in [4.69, 9.17) is 21.1 Å². The minimum Gasteiger partial charge on any atom is -0.492 e. The summed E-state index contributed by atoms with van der Waals surface area (Å²) in [4.78, 5) is 4.07. The monoisotopic (exact) mass is 421 g/mol. The predicted molar refractivity (Wildman–Crippen MR) is 108 cm³/mol. The molecule has 148 valence electrons. The van der Waals surface area contributed by atoms with E-state index in [1.165, 1.54) is 18.3 Å². The first-order valence-electron chi connectivity index (χ1n) is 8.54. The standard InChI is InChI=1S/C19H20ClN3O4S/c1-26-12-5-13-27-17-9-8-15(20)14-18(17)28(24,25)22-19-21-10-11-23(19)16-6-3-2-4-7-16/h2-4,6-11,14H,5,12-13H2,1H3,(H,21,22). The van der Waals surface area contributed by atoms with Gasteiger partial charge in [0.25, 0.3) is 10.0 Å². The van der Waals surface area contributed by atoms with Crippen LogP contribution in [0.25, 0.3) is 5.69 Å². The van der Waals surface area contributed by atoms with Crippen LogP contribution in [0.4, 0.5) is 5.95 Å². The molecule has 28 heavy (non-hydrogen) atoms. The largest absolute Gasteiger partial charge is 0.492 e. The highest BCUT2D eigenvalue weighted by atomic mass is 35.5. The molecule has 1 N–H and O–H groups in total. The molecule has 0 aliphatic heterocycles. The van der Waals surface area contributed by atoms with E-state index in [-0.39, 0.29) is 21.6 Å². The fraction of sp³-hybridized carbons (Fsp3) is 0.211. The molecule has 1 aromatic heterocycles. The number of hydrogen-bond acceptors (Lipinski definition) is 5. The normalized spacial score (nSPS) is 11.4. The Morgan fingerprint density at radius 1 is 1.14 bits per heavy atom. The number of aromatic nitrogens is 2. The summed E-state index contributed by atoms with van der Waals surface area (Å²) in [6.45, 7) is 0.832. The average Bonchev–Trinajstić information content (AvgIpc) is 3.14. The van der Waals surface area contributed by atoms with Gasteiger partial charge in [0.05, 0.1) is 6.61 Å². The van der Waals surface area contributed by atoms with E-state index in [0.29, 0.717) is 19.6 Å². The molecule has 0 aliphatic carbocycles. The number of methoxy groups -OCH3 is 1. The molecule has 1 heterocycles. The van der Waals surface area contributed by atoms with E-state index in [0.717, 1.165) is 5.69 Å². The number of sulfonamides is 1. The molecule has 0 radical (unpaired) electrons. The van der Waals surface area contributed by atoms with Crippen molar-refractivity contribution in [3.05, 3.63) is 65.9 Å². The van der Waals surface area contributed by atoms with Gasteiger partial charge >= 0.3 is 0 Å². The summed E-state index contributed by atoms with van der Waals surface area (Å²) >= 11 is 6.03. The molecule has 0 fully saturated rings. The molecule has 0 saturated heterocycles. The van der Waals surface area contributed by atoms with Gasteiger partial charge in [-0.2, -0.15) is 0 Å². The number of para-hydroxylation sites is 1. The number of ether oxygens (including phenoxy) is 2. The van der Waals surface area contributed by atoms with Gasteiger partial charge < -0.3 is 9.47 Å². The number of rotatable bonds is 9. The smallest absolute Gasteiger partial charge is 0.267 e. The second-order valence-electron chi connectivity index (χ2n) is 5.85. The number of imidazole rings is 1. The summed E-state index contributed by atoms with van der Waals surface area (Å²) in [7, 11) is -2.39. The third-order valence-corrected chi connectivity index (χ3v) is 5.43. The lowest BCUT2D eigenvalue weighted by Gasteiger charge is -2.14. The zero-order valence-corrected chi connectivity index (χ0v) is 16.8. The summed E-state index contributed by atoms with van der Waals surface area (Å²) in [6, 6.07) is 13.8. The summed E-state index contributed by atoms with van der Waals surface area (Å²) < 4.78 is 40.8. The van der Waals surface area contributed by atoms with Crippen molar-refractivity contribution in [1.82, 2.24) is 9.55 Å². The fourth-order valence-electron chi connectivity index (χ4n) is 2.55. The van der Waals surface area contributed by atoms with E-state index < -0.39 is 10.0 Å². The number of anilines is 1. The van der Waals surface area contributed by atoms with Crippen LogP contribution in [-0.4, -0.2) is 38.3 Å². The first kappa shape index (κ1) is 20.2. The summed E-state index contributed by atoms with van der Waals surface area (Å²) in [6.07, 6.45) is 3.82. The summed E-state index contributed by atoms with van der Waals surface area (Å²) in [5, 5.41) is 0.288. The molecule has 0 amide bonds. The van der Waals surface area contributed by atoms with Gasteiger partial charge in [-0.15, -0.1) is 0 Å². The predicted octanol–water partition coefficient (Wildman–Crippen LogP) is 3.74. The van der Waals surface area contributed by atoms with E-state index in [9.17, 15) is 8.42 Å². The Kier molecular flexibility index (Phi) is 6.56. The van der Waals surface area contributed by atoms with Crippen molar-refractivity contribution in [3.63, 3.8) is 0 Å². The third-order valence-electron chi connectivity index (χ3n) is 3.85. The first-order valence-corrected chi connectivity index (χ1v) is 10.4. The molecule has 2 aromatic carbocycles. The van der Waals surface area contributed by atoms with Crippen LogP contribution in [0.5, 0.6) is 5.75 Å². The Labute approximate surface area is 168 Å². The van der Waals surface area contributed by atoms with Crippen LogP contribution in [0.15, 0.2) is 65.8 Å². The average molecular weight is 422 g/mol. The van der Waals surface area contributed by atoms with Gasteiger partial charge in [-0.25, -0.2) is 18.1 Å². The number of nitrogens with one attached hydrogen (secondary N) is 1. The van der Waals surface area contributed by atoms with Crippen molar-refractivity contribution in [2.75, 3.05) is 25.0 Å². The summed E-state index contributed by atoms with van der Waals surface area (Å²) in [5.41, 5.74) is 0.778. The maximum Gasteiger partial charge on any atom is 0.267 e. The Morgan fingerprint density at radius 3 is 2.68 bits per heavy atom. The van der Waals surface area contributed by atoms with Crippen LogP contribution in [0, 0.1) is 0 Å². The van der Waals surface area contributed by atoms with Gasteiger partial charge in [0.15, 0.2) is 0 Å². The number of hydrogen-bond donors (Lipinski definition) is 1. The van der Waals surface area contributed by atoms with E-state index in [1.807, 2.05) is 30.3 Å². The SMILES string of the molecule is COCCCOc1ccc(Cl)cc1S(=O)(=O)Nc1nccn1-c1ccccc1. The van der Waals surface area contributed by atoms with E-state index >= 15 is 0 Å². The molecule has 0 spiro atoms. The molecule has 0 bridgehead atoms. The highest BCUT2D eigenvalue weighted by Crippen LogP contribution is 2.29. The molecule has 0 unspecified atom stereocenters. The van der Waals surface area contributed by atoms with Crippen LogP contribution >= 0.6 is 11.6 Å². The Balaban J connectivity index is 1.88. The minimum atomic E-state index is -3.98. The topological polar surface area (TPSA) is 82.4 Å². The zero-order chi connectivity index (χ0) is 20.0. The van der Waals surface area contributed by atoms with Gasteiger partial charge in [0.2, 0.25) is 5.95 Å². The van der Waals surface area contributed by atoms with Crippen molar-refractivity contribution in [3.8, 4) is 11.4 Å². The Morgan fingerprint density at radius 2 is 1.93 bits per heavy atom. The lowest BCUT2D eigenvalue weighted by molar-refractivity contribution is 0.171. The van der Waals surface area contributed by atoms with Crippen molar-refractivity contribution in [2.24, 2.45) is 0 Å². The lowest BCUT2D eigenvalue weighted by Crippen LogP contribution is -2.17. The molecule has 0 atom stereocenters. The van der Waals surface area contributed by atoms with Crippen LogP contribution < -0.4 is 9.46 Å². The van der Waals surface area contributed by atoms with Crippen molar-refractivity contribution < 1.29 is 17.9 Å². The molecular formula is C19H20ClN3O4S. The van der Waals surface area contributed by atoms with E-state index in [1.54, 1.807) is 23.9 Å². The van der Waals surface area contributed by atoms with Crippen LogP contribution in [0.2, 0.25) is 5.02 Å². The Bertz CT molecular complexity index is 1020. The van der Waals surface area contributed by atoms with Gasteiger partial charge in [-0.3, -0.25) is 4.57 Å². The highest BCUT2D eigenvalue weighted by Gasteiger charge is 2.23. The van der Waals surface area contributed by atoms with Gasteiger partial charge in [0, 0.05) is 43.2 Å². The number of benzene rings is 2. The van der Waals surface area contributed by atoms with Crippen LogP contribution in [-0.2, 0) is 14.8 Å². The summed E-state index contributed by atoms with van der Waals surface area (Å²) in [5.74, 6) is 0.377. The first-order chi connectivity index (χ1) is 13.5. The van der Waals surface area contributed by atoms with Crippen LogP contribution in [0.1, 0.15) is 6.42 Å². The van der Waals surface area contributed by atoms with Crippen molar-refractivity contribution in [1.29, 1.82) is 0 Å². The van der Waals surface area contributed by atoms with Gasteiger partial charge in [-0.1, -0.05) is 29.8 Å². The highest BCUT2D eigenvalue weighted by molar-refractivity contribution is 7.92. The third kappa shape index (κ3) is 4.83. The van der Waals surface area contributed by atoms with Gasteiger partial charge in [-0.05, 0) is 30.3 Å². The second-order valence-corrected chi connectivity index (χ2v) is 7.94. The lowest BCUT2D eigenvalue weighted by atomic mass is 10.3. The maximum atomic E-state index is 13.0. The quantitative estimate of drug-likeness (QED) is 0.532. The van der Waals surface area contributed by atoms with Crippen molar-refractivity contribution in [2.45, 2.75) is 11.3 Å². The van der Waals surface area contributed by atoms with Crippen molar-refractivity contribution >= 4 is 27.6 Å². The Hall–Kier alpha value is -2.55. The number of nitrogens with zero attached hydrogens (tertiary/aromatic N) is 2. The van der Waals surface area contributed by atoms with Crippen LogP contribution in [0.3, 0.4) is 0 Å². The van der Waals surface area contributed by atoms with Gasteiger partial charge in [0.1, 0.15) is 10.6 Å². The minimum absolute atomic E-state index is 0.0555. The zero-order valence-electron chi connectivity index (χ0n) is 15.2. The number of halogens is 1. The molecule has 3 rings (SSSR count). The molecule has 9 heteroatoms.